The maximum absolute atomic E-state index is 8.55. The van der Waals surface area contributed by atoms with Gasteiger partial charge in [0.25, 0.3) is 0 Å². The van der Waals surface area contributed by atoms with Crippen molar-refractivity contribution in [1.82, 2.24) is 4.98 Å². The molecule has 1 aromatic heterocycles. The minimum absolute atomic E-state index is 0.515. The van der Waals surface area contributed by atoms with Gasteiger partial charge in [-0.25, -0.2) is 4.98 Å². The molecule has 0 aliphatic carbocycles. The van der Waals surface area contributed by atoms with Crippen molar-refractivity contribution in [3.05, 3.63) is 29.7 Å². The van der Waals surface area contributed by atoms with E-state index >= 15 is 0 Å². The predicted octanol–water partition coefficient (Wildman–Crippen LogP) is 2.85. The Hall–Kier alpha value is -1.82. The van der Waals surface area contributed by atoms with E-state index in [4.69, 9.17) is 9.68 Å². The highest BCUT2D eigenvalue weighted by atomic mass is 16.3. The van der Waals surface area contributed by atoms with Gasteiger partial charge in [0.05, 0.1) is 6.07 Å². The van der Waals surface area contributed by atoms with Crippen LogP contribution in [-0.2, 0) is 12.8 Å². The number of aryl methyl sites for hydroxylation is 2. The predicted molar refractivity (Wildman–Crippen MR) is 57.3 cm³/mol. The summed E-state index contributed by atoms with van der Waals surface area (Å²) in [6.07, 6.45) is 2.04. The maximum atomic E-state index is 8.55. The van der Waals surface area contributed by atoms with Gasteiger partial charge in [0.1, 0.15) is 5.52 Å². The molecule has 0 aliphatic heterocycles. The molecule has 1 heterocycles. The molecule has 76 valence electrons. The van der Waals surface area contributed by atoms with Gasteiger partial charge in [-0.2, -0.15) is 5.26 Å². The molecule has 0 fully saturated rings. The minimum Gasteiger partial charge on any atom is -0.440 e. The molecule has 2 rings (SSSR count). The van der Waals surface area contributed by atoms with Crippen LogP contribution in [0, 0.1) is 11.3 Å². The van der Waals surface area contributed by atoms with E-state index in [2.05, 4.69) is 11.1 Å². The molecular formula is C12H12N2O. The Labute approximate surface area is 88.3 Å². The van der Waals surface area contributed by atoms with Gasteiger partial charge in [-0.15, -0.1) is 0 Å². The molecule has 0 saturated heterocycles. The molecule has 0 saturated carbocycles. The third-order valence-corrected chi connectivity index (χ3v) is 2.35. The fraction of sp³-hybridized carbons (Fsp3) is 0.333. The first-order chi connectivity index (χ1) is 7.35. The second-order valence-electron chi connectivity index (χ2n) is 3.38. The lowest BCUT2D eigenvalue weighted by atomic mass is 10.1. The SMILES string of the molecule is CCc1nc2cccc(CCC#N)c2o1. The normalized spacial score (nSPS) is 10.4. The number of oxazole rings is 1. The second kappa shape index (κ2) is 4.14. The Balaban J connectivity index is 2.45. The average molecular weight is 200 g/mol. The van der Waals surface area contributed by atoms with Crippen molar-refractivity contribution >= 4 is 11.1 Å². The van der Waals surface area contributed by atoms with E-state index in [1.54, 1.807) is 0 Å². The molecular weight excluding hydrogens is 188 g/mol. The van der Waals surface area contributed by atoms with Gasteiger partial charge < -0.3 is 4.42 Å². The zero-order valence-electron chi connectivity index (χ0n) is 8.66. The maximum Gasteiger partial charge on any atom is 0.195 e. The molecule has 2 aromatic rings. The van der Waals surface area contributed by atoms with Crippen LogP contribution in [-0.4, -0.2) is 4.98 Å². The molecule has 0 atom stereocenters. The lowest BCUT2D eigenvalue weighted by Crippen LogP contribution is -1.83. The first-order valence-corrected chi connectivity index (χ1v) is 5.09. The summed E-state index contributed by atoms with van der Waals surface area (Å²) in [4.78, 5) is 4.35. The van der Waals surface area contributed by atoms with E-state index in [1.807, 2.05) is 25.1 Å². The number of fused-ring (bicyclic) bond motifs is 1. The van der Waals surface area contributed by atoms with E-state index in [9.17, 15) is 0 Å². The Morgan fingerprint density at radius 2 is 2.33 bits per heavy atom. The lowest BCUT2D eigenvalue weighted by Gasteiger charge is -1.96. The molecule has 3 heteroatoms. The molecule has 0 bridgehead atoms. The van der Waals surface area contributed by atoms with Crippen LogP contribution < -0.4 is 0 Å². The molecule has 0 unspecified atom stereocenters. The van der Waals surface area contributed by atoms with E-state index in [-0.39, 0.29) is 0 Å². The highest BCUT2D eigenvalue weighted by Crippen LogP contribution is 2.21. The van der Waals surface area contributed by atoms with Crippen LogP contribution in [0.4, 0.5) is 0 Å². The van der Waals surface area contributed by atoms with E-state index in [0.717, 1.165) is 35.4 Å². The molecule has 0 N–H and O–H groups in total. The molecule has 0 aliphatic rings. The number of hydrogen-bond donors (Lipinski definition) is 0. The fourth-order valence-electron chi connectivity index (χ4n) is 1.59. The number of hydrogen-bond acceptors (Lipinski definition) is 3. The van der Waals surface area contributed by atoms with Crippen LogP contribution in [0.25, 0.3) is 11.1 Å². The quantitative estimate of drug-likeness (QED) is 0.765. The topological polar surface area (TPSA) is 49.8 Å². The highest BCUT2D eigenvalue weighted by Gasteiger charge is 2.07. The molecule has 0 radical (unpaired) electrons. The van der Waals surface area contributed by atoms with Gasteiger partial charge in [0, 0.05) is 12.8 Å². The summed E-state index contributed by atoms with van der Waals surface area (Å²) < 4.78 is 5.62. The van der Waals surface area contributed by atoms with Gasteiger partial charge in [0.15, 0.2) is 11.5 Å². The summed E-state index contributed by atoms with van der Waals surface area (Å²) >= 11 is 0. The summed E-state index contributed by atoms with van der Waals surface area (Å²) in [5.41, 5.74) is 2.80. The zero-order chi connectivity index (χ0) is 10.7. The van der Waals surface area contributed by atoms with Gasteiger partial charge in [0.2, 0.25) is 0 Å². The van der Waals surface area contributed by atoms with Crippen molar-refractivity contribution < 1.29 is 4.42 Å². The van der Waals surface area contributed by atoms with Crippen LogP contribution in [0.15, 0.2) is 22.6 Å². The van der Waals surface area contributed by atoms with Crippen LogP contribution >= 0.6 is 0 Å². The van der Waals surface area contributed by atoms with Crippen LogP contribution in [0.5, 0.6) is 0 Å². The van der Waals surface area contributed by atoms with Crippen LogP contribution in [0.2, 0.25) is 0 Å². The number of nitrogens with zero attached hydrogens (tertiary/aromatic N) is 2. The summed E-state index contributed by atoms with van der Waals surface area (Å²) in [6.45, 7) is 2.01. The molecule has 1 aromatic carbocycles. The summed E-state index contributed by atoms with van der Waals surface area (Å²) in [6, 6.07) is 8.02. The van der Waals surface area contributed by atoms with Gasteiger partial charge in [-0.3, -0.25) is 0 Å². The zero-order valence-corrected chi connectivity index (χ0v) is 8.66. The van der Waals surface area contributed by atoms with Crippen molar-refractivity contribution in [1.29, 1.82) is 5.26 Å². The van der Waals surface area contributed by atoms with Crippen molar-refractivity contribution in [3.63, 3.8) is 0 Å². The van der Waals surface area contributed by atoms with Crippen molar-refractivity contribution in [2.45, 2.75) is 26.2 Å². The average Bonchev–Trinajstić information content (AvgIpc) is 2.69. The van der Waals surface area contributed by atoms with Gasteiger partial charge in [-0.1, -0.05) is 19.1 Å². The minimum atomic E-state index is 0.515. The van der Waals surface area contributed by atoms with Crippen LogP contribution in [0.1, 0.15) is 24.8 Å². The van der Waals surface area contributed by atoms with Crippen molar-refractivity contribution in [2.24, 2.45) is 0 Å². The Bertz CT molecular complexity index is 508. The Morgan fingerprint density at radius 3 is 3.07 bits per heavy atom. The summed E-state index contributed by atoms with van der Waals surface area (Å²) in [7, 11) is 0. The highest BCUT2D eigenvalue weighted by molar-refractivity contribution is 5.76. The largest absolute Gasteiger partial charge is 0.440 e. The molecule has 15 heavy (non-hydrogen) atoms. The lowest BCUT2D eigenvalue weighted by molar-refractivity contribution is 0.535. The number of benzene rings is 1. The standard InChI is InChI=1S/C12H12N2O/c1-2-11-14-10-7-3-5-9(6-4-8-13)12(10)15-11/h3,5,7H,2,4,6H2,1H3. The van der Waals surface area contributed by atoms with E-state index < -0.39 is 0 Å². The summed E-state index contributed by atoms with van der Waals surface area (Å²) in [5, 5.41) is 8.55. The monoisotopic (exact) mass is 200 g/mol. The van der Waals surface area contributed by atoms with Crippen molar-refractivity contribution in [3.8, 4) is 6.07 Å². The third-order valence-electron chi connectivity index (χ3n) is 2.35. The Morgan fingerprint density at radius 1 is 1.47 bits per heavy atom. The number of aromatic nitrogens is 1. The number of rotatable bonds is 3. The van der Waals surface area contributed by atoms with E-state index in [0.29, 0.717) is 6.42 Å². The number of para-hydroxylation sites is 1. The van der Waals surface area contributed by atoms with Crippen LogP contribution in [0.3, 0.4) is 0 Å². The van der Waals surface area contributed by atoms with E-state index in [1.165, 1.54) is 0 Å². The molecule has 0 spiro atoms. The van der Waals surface area contributed by atoms with Crippen molar-refractivity contribution in [2.75, 3.05) is 0 Å². The Kier molecular flexibility index (Phi) is 2.68. The molecule has 0 amide bonds. The first kappa shape index (κ1) is 9.72. The fourth-order valence-corrected chi connectivity index (χ4v) is 1.59. The number of nitriles is 1. The smallest absolute Gasteiger partial charge is 0.195 e. The first-order valence-electron chi connectivity index (χ1n) is 5.09. The third kappa shape index (κ3) is 1.84. The van der Waals surface area contributed by atoms with Gasteiger partial charge >= 0.3 is 0 Å². The second-order valence-corrected chi connectivity index (χ2v) is 3.38. The van der Waals surface area contributed by atoms with Gasteiger partial charge in [-0.05, 0) is 18.1 Å². The summed E-state index contributed by atoms with van der Waals surface area (Å²) in [5.74, 6) is 0.759. The molecule has 3 nitrogen and oxygen atoms in total.